The smallest absolute Gasteiger partial charge is 0.338 e. The number of nitrogens with zero attached hydrogens (tertiary/aromatic N) is 2. The van der Waals surface area contributed by atoms with Crippen molar-refractivity contribution >= 4 is 5.97 Å². The fourth-order valence-electron chi connectivity index (χ4n) is 0.360. The summed E-state index contributed by atoms with van der Waals surface area (Å²) in [6.45, 7) is 1.81. The van der Waals surface area contributed by atoms with Gasteiger partial charge >= 0.3 is 5.97 Å². The molecular formula is C6H6N2O2. The molecule has 0 amide bonds. The van der Waals surface area contributed by atoms with E-state index >= 15 is 0 Å². The molecule has 0 radical (unpaired) electrons. The Labute approximate surface area is 58.6 Å². The average Bonchev–Trinajstić information content (AvgIpc) is 1.91. The number of nitriles is 2. The van der Waals surface area contributed by atoms with Gasteiger partial charge in [0.25, 0.3) is 0 Å². The highest BCUT2D eigenvalue weighted by Gasteiger charge is 2.17. The second kappa shape index (κ2) is 4.34. The van der Waals surface area contributed by atoms with Crippen molar-refractivity contribution in [2.45, 2.75) is 6.92 Å². The van der Waals surface area contributed by atoms with E-state index in [9.17, 15) is 4.79 Å². The average molecular weight is 138 g/mol. The molecule has 0 aromatic heterocycles. The van der Waals surface area contributed by atoms with Gasteiger partial charge in [0.05, 0.1) is 18.7 Å². The maximum atomic E-state index is 10.5. The molecule has 0 atom stereocenters. The third kappa shape index (κ3) is 2.15. The van der Waals surface area contributed by atoms with E-state index in [-0.39, 0.29) is 6.61 Å². The van der Waals surface area contributed by atoms with Gasteiger partial charge in [-0.3, -0.25) is 0 Å². The number of ether oxygens (including phenoxy) is 1. The quantitative estimate of drug-likeness (QED) is 0.511. The normalized spacial score (nSPS) is 8.00. The monoisotopic (exact) mass is 138 g/mol. The maximum Gasteiger partial charge on any atom is 0.338 e. The van der Waals surface area contributed by atoms with Gasteiger partial charge in [0.2, 0.25) is 5.92 Å². The Hall–Kier alpha value is -1.55. The zero-order valence-corrected chi connectivity index (χ0v) is 5.50. The van der Waals surface area contributed by atoms with Gasteiger partial charge in [0.1, 0.15) is 0 Å². The Morgan fingerprint density at radius 3 is 2.40 bits per heavy atom. The molecule has 0 aromatic rings. The lowest BCUT2D eigenvalue weighted by atomic mass is 10.2. The molecule has 0 heterocycles. The summed E-state index contributed by atoms with van der Waals surface area (Å²) in [5.74, 6) is -2.05. The molecule has 0 bridgehead atoms. The molecule has 0 unspecified atom stereocenters. The van der Waals surface area contributed by atoms with Crippen LogP contribution in [0.25, 0.3) is 0 Å². The Bertz CT molecular complexity index is 185. The summed E-state index contributed by atoms with van der Waals surface area (Å²) in [6.07, 6.45) is 0. The van der Waals surface area contributed by atoms with Gasteiger partial charge in [-0.1, -0.05) is 0 Å². The number of carbonyl (C=O) groups is 1. The van der Waals surface area contributed by atoms with Crippen molar-refractivity contribution in [2.75, 3.05) is 6.61 Å². The van der Waals surface area contributed by atoms with Crippen molar-refractivity contribution in [1.29, 1.82) is 10.5 Å². The largest absolute Gasteiger partial charge is 0.464 e. The summed E-state index contributed by atoms with van der Waals surface area (Å²) in [5.41, 5.74) is 0. The Balaban J connectivity index is 3.96. The van der Waals surface area contributed by atoms with Crippen molar-refractivity contribution in [3.8, 4) is 12.1 Å². The van der Waals surface area contributed by atoms with Gasteiger partial charge in [-0.2, -0.15) is 10.5 Å². The molecule has 0 aliphatic rings. The van der Waals surface area contributed by atoms with Crippen molar-refractivity contribution in [2.24, 2.45) is 5.92 Å². The van der Waals surface area contributed by atoms with Crippen LogP contribution in [0.5, 0.6) is 0 Å². The van der Waals surface area contributed by atoms with Crippen LogP contribution in [0.3, 0.4) is 0 Å². The van der Waals surface area contributed by atoms with Crippen LogP contribution in [0.15, 0.2) is 0 Å². The van der Waals surface area contributed by atoms with Gasteiger partial charge in [-0.05, 0) is 6.92 Å². The van der Waals surface area contributed by atoms with Crippen molar-refractivity contribution in [1.82, 2.24) is 0 Å². The van der Waals surface area contributed by atoms with E-state index in [0.717, 1.165) is 0 Å². The topological polar surface area (TPSA) is 73.9 Å². The lowest BCUT2D eigenvalue weighted by Gasteiger charge is -1.98. The fraction of sp³-hybridized carbons (Fsp3) is 0.500. The van der Waals surface area contributed by atoms with Crippen LogP contribution in [0.4, 0.5) is 0 Å². The lowest BCUT2D eigenvalue weighted by Crippen LogP contribution is -2.13. The highest BCUT2D eigenvalue weighted by molar-refractivity contribution is 5.78. The predicted octanol–water partition coefficient (Wildman–Crippen LogP) is 0.213. The molecule has 0 N–H and O–H groups in total. The SMILES string of the molecule is CCOC(=O)C(C#N)C#N. The van der Waals surface area contributed by atoms with Crippen LogP contribution >= 0.6 is 0 Å². The first-order chi connectivity index (χ1) is 4.76. The highest BCUT2D eigenvalue weighted by atomic mass is 16.5. The van der Waals surface area contributed by atoms with Crippen LogP contribution in [0.1, 0.15) is 6.92 Å². The maximum absolute atomic E-state index is 10.5. The van der Waals surface area contributed by atoms with E-state index in [4.69, 9.17) is 10.5 Å². The molecule has 0 aromatic carbocycles. The van der Waals surface area contributed by atoms with E-state index < -0.39 is 11.9 Å². The van der Waals surface area contributed by atoms with Crippen LogP contribution in [0, 0.1) is 28.6 Å². The first-order valence-electron chi connectivity index (χ1n) is 2.72. The minimum atomic E-state index is -1.28. The summed E-state index contributed by atoms with van der Waals surface area (Å²) >= 11 is 0. The zero-order chi connectivity index (χ0) is 7.98. The fourth-order valence-corrected chi connectivity index (χ4v) is 0.360. The van der Waals surface area contributed by atoms with Gasteiger partial charge in [-0.25, -0.2) is 4.79 Å². The Morgan fingerprint density at radius 2 is 2.10 bits per heavy atom. The summed E-state index contributed by atoms with van der Waals surface area (Å²) in [7, 11) is 0. The molecule has 0 fully saturated rings. The van der Waals surface area contributed by atoms with Gasteiger partial charge < -0.3 is 4.74 Å². The molecule has 0 aliphatic carbocycles. The number of hydrogen-bond donors (Lipinski definition) is 0. The molecule has 0 aliphatic heterocycles. The Morgan fingerprint density at radius 1 is 1.60 bits per heavy atom. The van der Waals surface area contributed by atoms with Crippen LogP contribution in [-0.4, -0.2) is 12.6 Å². The van der Waals surface area contributed by atoms with E-state index in [2.05, 4.69) is 4.74 Å². The predicted molar refractivity (Wildman–Crippen MR) is 31.3 cm³/mol. The first-order valence-corrected chi connectivity index (χ1v) is 2.72. The molecule has 52 valence electrons. The van der Waals surface area contributed by atoms with Crippen LogP contribution < -0.4 is 0 Å². The van der Waals surface area contributed by atoms with Gasteiger partial charge in [0.15, 0.2) is 0 Å². The molecule has 0 saturated carbocycles. The number of esters is 1. The molecule has 4 nitrogen and oxygen atoms in total. The summed E-state index contributed by atoms with van der Waals surface area (Å²) in [4.78, 5) is 10.5. The number of rotatable bonds is 2. The van der Waals surface area contributed by atoms with Crippen LogP contribution in [0.2, 0.25) is 0 Å². The van der Waals surface area contributed by atoms with Crippen molar-refractivity contribution in [3.05, 3.63) is 0 Å². The third-order valence-corrected chi connectivity index (χ3v) is 0.780. The van der Waals surface area contributed by atoms with Gasteiger partial charge in [0, 0.05) is 0 Å². The van der Waals surface area contributed by atoms with E-state index in [1.807, 2.05) is 0 Å². The number of carbonyl (C=O) groups excluding carboxylic acids is 1. The van der Waals surface area contributed by atoms with Gasteiger partial charge in [-0.15, -0.1) is 0 Å². The summed E-state index contributed by atoms with van der Waals surface area (Å²) in [5, 5.41) is 16.3. The minimum Gasteiger partial charge on any atom is -0.464 e. The zero-order valence-electron chi connectivity index (χ0n) is 5.50. The molecule has 4 heteroatoms. The first kappa shape index (κ1) is 8.45. The molecule has 0 saturated heterocycles. The van der Waals surface area contributed by atoms with Crippen molar-refractivity contribution < 1.29 is 9.53 Å². The van der Waals surface area contributed by atoms with E-state index in [1.165, 1.54) is 12.1 Å². The third-order valence-electron chi connectivity index (χ3n) is 0.780. The second-order valence-corrected chi connectivity index (χ2v) is 1.44. The molecule has 10 heavy (non-hydrogen) atoms. The molecular weight excluding hydrogens is 132 g/mol. The molecule has 0 spiro atoms. The summed E-state index contributed by atoms with van der Waals surface area (Å²) in [6, 6.07) is 3.00. The minimum absolute atomic E-state index is 0.193. The van der Waals surface area contributed by atoms with Crippen LogP contribution in [-0.2, 0) is 9.53 Å². The van der Waals surface area contributed by atoms with E-state index in [0.29, 0.717) is 0 Å². The second-order valence-electron chi connectivity index (χ2n) is 1.44. The highest BCUT2D eigenvalue weighted by Crippen LogP contribution is 1.94. The van der Waals surface area contributed by atoms with E-state index in [1.54, 1.807) is 6.92 Å². The standard InChI is InChI=1S/C6H6N2O2/c1-2-10-6(9)5(3-7)4-8/h5H,2H2,1H3. The van der Waals surface area contributed by atoms with Crippen molar-refractivity contribution in [3.63, 3.8) is 0 Å². The molecule has 0 rings (SSSR count). The Kier molecular flexibility index (Phi) is 3.67. The number of hydrogen-bond acceptors (Lipinski definition) is 4. The summed E-state index contributed by atoms with van der Waals surface area (Å²) < 4.78 is 4.40. The lowest BCUT2D eigenvalue weighted by molar-refractivity contribution is -0.144.